The van der Waals surface area contributed by atoms with Gasteiger partial charge in [-0.1, -0.05) is 29.8 Å². The molecule has 0 saturated carbocycles. The largest absolute Gasteiger partial charge is 0.458 e. The van der Waals surface area contributed by atoms with E-state index in [0.717, 1.165) is 10.6 Å². The number of aryl methyl sites for hydroxylation is 1. The summed E-state index contributed by atoms with van der Waals surface area (Å²) in [5.74, 6) is -0.913. The molecule has 0 aliphatic carbocycles. The summed E-state index contributed by atoms with van der Waals surface area (Å²) in [7, 11) is -3.92. The van der Waals surface area contributed by atoms with E-state index in [-0.39, 0.29) is 17.9 Å². The fraction of sp³-hybridized carbons (Fsp3) is 0.500. The van der Waals surface area contributed by atoms with Crippen LogP contribution in [0.25, 0.3) is 0 Å². The molecule has 2 atom stereocenters. The molecule has 13 heteroatoms. The summed E-state index contributed by atoms with van der Waals surface area (Å²) in [6.07, 6.45) is 0.383. The average molecular weight is 617 g/mol. The van der Waals surface area contributed by atoms with Gasteiger partial charge in [0.2, 0.25) is 15.9 Å². The second-order valence-electron chi connectivity index (χ2n) is 11.8. The van der Waals surface area contributed by atoms with E-state index in [2.05, 4.69) is 5.32 Å². The van der Waals surface area contributed by atoms with Crippen molar-refractivity contribution in [1.82, 2.24) is 19.6 Å². The number of hydrogen-bond acceptors (Lipinski definition) is 9. The molecule has 2 amide bonds. The van der Waals surface area contributed by atoms with Gasteiger partial charge in [0.15, 0.2) is 0 Å². The summed E-state index contributed by atoms with van der Waals surface area (Å²) >= 11 is 0. The molecular formula is C30H40N4O8S. The highest BCUT2D eigenvalue weighted by molar-refractivity contribution is 7.89. The molecule has 0 bridgehead atoms. The van der Waals surface area contributed by atoms with Crippen molar-refractivity contribution >= 4 is 28.0 Å². The lowest BCUT2D eigenvalue weighted by Gasteiger charge is -2.30. The molecule has 2 aliphatic heterocycles. The molecule has 0 aromatic heterocycles. The number of sulfonamides is 1. The van der Waals surface area contributed by atoms with Gasteiger partial charge in [-0.05, 0) is 70.4 Å². The van der Waals surface area contributed by atoms with Crippen molar-refractivity contribution in [3.05, 3.63) is 59.7 Å². The number of carbonyl (C=O) groups is 3. The van der Waals surface area contributed by atoms with Gasteiger partial charge in [-0.25, -0.2) is 18.0 Å². The van der Waals surface area contributed by atoms with Gasteiger partial charge in [-0.2, -0.15) is 9.37 Å². The first-order valence-electron chi connectivity index (χ1n) is 14.3. The van der Waals surface area contributed by atoms with Crippen LogP contribution in [0.3, 0.4) is 0 Å². The monoisotopic (exact) mass is 616 g/mol. The maximum absolute atomic E-state index is 13.5. The lowest BCUT2D eigenvalue weighted by atomic mass is 10.0. The smallest absolute Gasteiger partial charge is 0.415 e. The van der Waals surface area contributed by atoms with Crippen molar-refractivity contribution in [1.29, 1.82) is 0 Å². The molecule has 12 nitrogen and oxygen atoms in total. The predicted molar refractivity (Wildman–Crippen MR) is 157 cm³/mol. The molecule has 43 heavy (non-hydrogen) atoms. The topological polar surface area (TPSA) is 146 Å². The third kappa shape index (κ3) is 8.53. The van der Waals surface area contributed by atoms with E-state index in [1.807, 2.05) is 6.92 Å². The number of hydrogen-bond donors (Lipinski definition) is 2. The fourth-order valence-electron chi connectivity index (χ4n) is 4.94. The zero-order valence-electron chi connectivity index (χ0n) is 25.0. The molecule has 2 fully saturated rings. The molecular weight excluding hydrogens is 576 g/mol. The van der Waals surface area contributed by atoms with Crippen LogP contribution in [0.2, 0.25) is 0 Å². The predicted octanol–water partition coefficient (Wildman–Crippen LogP) is 2.72. The van der Waals surface area contributed by atoms with Crippen LogP contribution in [0.1, 0.15) is 44.7 Å². The highest BCUT2D eigenvalue weighted by atomic mass is 32.2. The van der Waals surface area contributed by atoms with Crippen LogP contribution in [0.15, 0.2) is 53.4 Å². The number of nitrogens with one attached hydrogen (secondary N) is 1. The van der Waals surface area contributed by atoms with Gasteiger partial charge in [0.25, 0.3) is 0 Å². The van der Waals surface area contributed by atoms with Crippen molar-refractivity contribution in [3.8, 4) is 5.75 Å². The van der Waals surface area contributed by atoms with Gasteiger partial charge in [-0.3, -0.25) is 4.79 Å². The van der Waals surface area contributed by atoms with E-state index in [1.54, 1.807) is 57.2 Å². The molecule has 4 rings (SSSR count). The van der Waals surface area contributed by atoms with Crippen LogP contribution in [-0.4, -0.2) is 96.3 Å². The van der Waals surface area contributed by atoms with Crippen LogP contribution < -0.4 is 10.1 Å². The molecule has 234 valence electrons. The minimum Gasteiger partial charge on any atom is -0.458 e. The van der Waals surface area contributed by atoms with Crippen molar-refractivity contribution in [2.24, 2.45) is 0 Å². The van der Waals surface area contributed by atoms with Crippen LogP contribution in [0, 0.1) is 6.92 Å². The molecule has 2 aromatic rings. The SMILES string of the molecule is Cc1ccc(S(=O)(=O)N2CCC[C@H]2C(=O)N[C@@H](Cc2ccc(OC(=O)N3CCN(O)CC3)cc2)C(=O)OC(C)(C)C)cc1. The minimum atomic E-state index is -3.92. The third-order valence-corrected chi connectivity index (χ3v) is 9.15. The van der Waals surface area contributed by atoms with E-state index in [4.69, 9.17) is 9.47 Å². The Hall–Kier alpha value is -3.52. The Labute approximate surface area is 252 Å². The Morgan fingerprint density at radius 3 is 2.21 bits per heavy atom. The number of benzene rings is 2. The van der Waals surface area contributed by atoms with Gasteiger partial charge in [-0.15, -0.1) is 0 Å². The van der Waals surface area contributed by atoms with Gasteiger partial charge < -0.3 is 24.9 Å². The normalized spacial score (nSPS) is 19.1. The van der Waals surface area contributed by atoms with Gasteiger partial charge in [0.1, 0.15) is 23.4 Å². The number of piperazine rings is 1. The zero-order valence-corrected chi connectivity index (χ0v) is 25.8. The maximum atomic E-state index is 13.5. The van der Waals surface area contributed by atoms with Crippen LogP contribution in [-0.2, 0) is 30.8 Å². The van der Waals surface area contributed by atoms with E-state index < -0.39 is 45.7 Å². The number of hydroxylamine groups is 2. The number of carbonyl (C=O) groups excluding carboxylic acids is 3. The molecule has 0 radical (unpaired) electrons. The first-order chi connectivity index (χ1) is 20.2. The average Bonchev–Trinajstić information content (AvgIpc) is 3.45. The number of rotatable bonds is 8. The third-order valence-electron chi connectivity index (χ3n) is 7.22. The van der Waals surface area contributed by atoms with Crippen LogP contribution in [0.4, 0.5) is 4.79 Å². The maximum Gasteiger partial charge on any atom is 0.415 e. The number of amides is 2. The Morgan fingerprint density at radius 1 is 0.977 bits per heavy atom. The summed E-state index contributed by atoms with van der Waals surface area (Å²) in [6.45, 7) is 8.58. The van der Waals surface area contributed by atoms with Crippen molar-refractivity contribution in [2.45, 2.75) is 69.5 Å². The summed E-state index contributed by atoms with van der Waals surface area (Å²) < 4.78 is 39.0. The zero-order chi connectivity index (χ0) is 31.4. The van der Waals surface area contributed by atoms with E-state index in [9.17, 15) is 28.0 Å². The van der Waals surface area contributed by atoms with Gasteiger partial charge in [0.05, 0.1) is 4.90 Å². The first-order valence-corrected chi connectivity index (χ1v) is 15.8. The van der Waals surface area contributed by atoms with Crippen molar-refractivity contribution in [2.75, 3.05) is 32.7 Å². The van der Waals surface area contributed by atoms with E-state index in [0.29, 0.717) is 50.3 Å². The van der Waals surface area contributed by atoms with Crippen molar-refractivity contribution < 1.29 is 37.5 Å². The Balaban J connectivity index is 1.46. The second-order valence-corrected chi connectivity index (χ2v) is 13.7. The Bertz CT molecular complexity index is 1400. The molecule has 0 unspecified atom stereocenters. The molecule has 2 aliphatic rings. The van der Waals surface area contributed by atoms with E-state index in [1.165, 1.54) is 21.3 Å². The van der Waals surface area contributed by atoms with E-state index >= 15 is 0 Å². The fourth-order valence-corrected chi connectivity index (χ4v) is 6.60. The second kappa shape index (κ2) is 13.4. The lowest BCUT2D eigenvalue weighted by Crippen LogP contribution is -2.52. The van der Waals surface area contributed by atoms with Crippen LogP contribution >= 0.6 is 0 Å². The quantitative estimate of drug-likeness (QED) is 0.428. The molecule has 0 spiro atoms. The summed E-state index contributed by atoms with van der Waals surface area (Å²) in [5.41, 5.74) is 0.774. The molecule has 2 aromatic carbocycles. The lowest BCUT2D eigenvalue weighted by molar-refractivity contribution is -0.158. The number of nitrogens with zero attached hydrogens (tertiary/aromatic N) is 3. The van der Waals surface area contributed by atoms with Gasteiger partial charge in [0, 0.05) is 39.1 Å². The first kappa shape index (κ1) is 32.4. The highest BCUT2D eigenvalue weighted by Gasteiger charge is 2.41. The minimum absolute atomic E-state index is 0.0742. The number of esters is 1. The van der Waals surface area contributed by atoms with Gasteiger partial charge >= 0.3 is 12.1 Å². The molecule has 2 saturated heterocycles. The summed E-state index contributed by atoms with van der Waals surface area (Å²) in [4.78, 5) is 40.8. The summed E-state index contributed by atoms with van der Waals surface area (Å²) in [6, 6.07) is 11.0. The summed E-state index contributed by atoms with van der Waals surface area (Å²) in [5, 5.41) is 13.4. The van der Waals surface area contributed by atoms with Crippen molar-refractivity contribution in [3.63, 3.8) is 0 Å². The molecule has 2 N–H and O–H groups in total. The number of ether oxygens (including phenoxy) is 2. The Morgan fingerprint density at radius 2 is 1.60 bits per heavy atom. The van der Waals surface area contributed by atoms with Crippen LogP contribution in [0.5, 0.6) is 5.75 Å². The highest BCUT2D eigenvalue weighted by Crippen LogP contribution is 2.27. The Kier molecular flexibility index (Phi) is 10.1. The standard InChI is InChI=1S/C30H40N4O8S/c1-21-7-13-24(14-8-21)43(39,40)34-15-5-6-26(34)27(35)31-25(28(36)42-30(2,3)4)20-22-9-11-23(12-10-22)41-29(37)32-16-18-33(38)19-17-32/h7-14,25-26,38H,5-6,15-20H2,1-4H3,(H,31,35)/t25-,26-/m0/s1. The molecule has 2 heterocycles.